The Labute approximate surface area is 109 Å². The molecule has 3 nitrogen and oxygen atoms in total. The van der Waals surface area contributed by atoms with Gasteiger partial charge in [0.25, 0.3) is 5.91 Å². The molecule has 0 bridgehead atoms. The number of amides is 1. The molecule has 3 heteroatoms. The van der Waals surface area contributed by atoms with Crippen LogP contribution in [0, 0.1) is 12.3 Å². The van der Waals surface area contributed by atoms with Gasteiger partial charge in [-0.05, 0) is 12.0 Å². The highest BCUT2D eigenvalue weighted by atomic mass is 16.5. The van der Waals surface area contributed by atoms with E-state index >= 15 is 0 Å². The van der Waals surface area contributed by atoms with Crippen LogP contribution in [0.3, 0.4) is 0 Å². The lowest BCUT2D eigenvalue weighted by Gasteiger charge is -2.18. The molecule has 0 spiro atoms. The van der Waals surface area contributed by atoms with Crippen LogP contribution in [0.4, 0.5) is 0 Å². The molecule has 0 radical (unpaired) electrons. The smallest absolute Gasteiger partial charge is 0.254 e. The Morgan fingerprint density at radius 2 is 2.11 bits per heavy atom. The van der Waals surface area contributed by atoms with Crippen molar-refractivity contribution in [3.63, 3.8) is 0 Å². The van der Waals surface area contributed by atoms with Gasteiger partial charge in [-0.15, -0.1) is 6.42 Å². The Morgan fingerprint density at radius 3 is 2.61 bits per heavy atom. The number of hydrogen-bond acceptors (Lipinski definition) is 2. The predicted molar refractivity (Wildman–Crippen MR) is 71.9 cm³/mol. The standard InChI is InChI=1S/C15H19NO2/c1-4-9-13(5-2)16-15(17)14(18-3)12-10-7-6-8-11-12/h2,6-8,10-11,13-14H,4,9H2,1,3H3,(H,16,17). The molecular formula is C15H19NO2. The Hall–Kier alpha value is -1.79. The number of carbonyl (C=O) groups is 1. The van der Waals surface area contributed by atoms with Crippen molar-refractivity contribution in [1.29, 1.82) is 0 Å². The van der Waals surface area contributed by atoms with Crippen LogP contribution in [-0.2, 0) is 9.53 Å². The van der Waals surface area contributed by atoms with Crippen LogP contribution in [0.5, 0.6) is 0 Å². The highest BCUT2D eigenvalue weighted by Crippen LogP contribution is 2.16. The fourth-order valence-electron chi connectivity index (χ4n) is 1.76. The molecule has 1 N–H and O–H groups in total. The summed E-state index contributed by atoms with van der Waals surface area (Å²) in [7, 11) is 1.52. The minimum Gasteiger partial charge on any atom is -0.367 e. The van der Waals surface area contributed by atoms with Crippen LogP contribution in [0.2, 0.25) is 0 Å². The molecule has 2 atom stereocenters. The molecule has 1 aromatic carbocycles. The molecule has 1 amide bonds. The Bertz CT molecular complexity index is 408. The number of carbonyl (C=O) groups excluding carboxylic acids is 1. The van der Waals surface area contributed by atoms with Crippen LogP contribution in [-0.4, -0.2) is 19.1 Å². The number of methoxy groups -OCH3 is 1. The van der Waals surface area contributed by atoms with E-state index in [0.717, 1.165) is 18.4 Å². The van der Waals surface area contributed by atoms with Gasteiger partial charge in [0.15, 0.2) is 6.10 Å². The fraction of sp³-hybridized carbons (Fsp3) is 0.400. The maximum Gasteiger partial charge on any atom is 0.254 e. The zero-order valence-corrected chi connectivity index (χ0v) is 10.8. The van der Waals surface area contributed by atoms with E-state index < -0.39 is 6.10 Å². The number of hydrogen-bond donors (Lipinski definition) is 1. The topological polar surface area (TPSA) is 38.3 Å². The molecule has 0 aliphatic heterocycles. The lowest BCUT2D eigenvalue weighted by atomic mass is 10.1. The molecule has 2 unspecified atom stereocenters. The summed E-state index contributed by atoms with van der Waals surface area (Å²) in [5, 5.41) is 2.82. The van der Waals surface area contributed by atoms with E-state index in [4.69, 9.17) is 11.2 Å². The second-order valence-electron chi connectivity index (χ2n) is 4.04. The second kappa shape index (κ2) is 7.52. The minimum absolute atomic E-state index is 0.194. The van der Waals surface area contributed by atoms with Crippen LogP contribution >= 0.6 is 0 Å². The van der Waals surface area contributed by atoms with E-state index in [0.29, 0.717) is 0 Å². The van der Waals surface area contributed by atoms with Crippen molar-refractivity contribution in [2.45, 2.75) is 31.9 Å². The SMILES string of the molecule is C#CC(CCC)NC(=O)C(OC)c1ccccc1. The van der Waals surface area contributed by atoms with Crippen LogP contribution in [0.25, 0.3) is 0 Å². The van der Waals surface area contributed by atoms with Gasteiger partial charge >= 0.3 is 0 Å². The van der Waals surface area contributed by atoms with Gasteiger partial charge in [0, 0.05) is 7.11 Å². The third-order valence-electron chi connectivity index (χ3n) is 2.67. The van der Waals surface area contributed by atoms with Crippen LogP contribution in [0.15, 0.2) is 30.3 Å². The molecular weight excluding hydrogens is 226 g/mol. The van der Waals surface area contributed by atoms with Gasteiger partial charge in [0.1, 0.15) is 0 Å². The monoisotopic (exact) mass is 245 g/mol. The largest absolute Gasteiger partial charge is 0.367 e. The molecule has 0 aliphatic rings. The Morgan fingerprint density at radius 1 is 1.44 bits per heavy atom. The van der Waals surface area contributed by atoms with Crippen molar-refractivity contribution in [2.24, 2.45) is 0 Å². The average Bonchev–Trinajstić information content (AvgIpc) is 2.40. The van der Waals surface area contributed by atoms with E-state index in [2.05, 4.69) is 11.2 Å². The predicted octanol–water partition coefficient (Wildman–Crippen LogP) is 2.29. The molecule has 1 rings (SSSR count). The van der Waals surface area contributed by atoms with E-state index in [9.17, 15) is 4.79 Å². The van der Waals surface area contributed by atoms with Crippen molar-refractivity contribution < 1.29 is 9.53 Å². The summed E-state index contributed by atoms with van der Waals surface area (Å²) in [5.41, 5.74) is 0.824. The average molecular weight is 245 g/mol. The van der Waals surface area contributed by atoms with Gasteiger partial charge in [-0.3, -0.25) is 4.79 Å². The normalized spacial score (nSPS) is 13.4. The summed E-state index contributed by atoms with van der Waals surface area (Å²) in [6.45, 7) is 2.03. The van der Waals surface area contributed by atoms with Gasteiger partial charge < -0.3 is 10.1 Å². The van der Waals surface area contributed by atoms with Crippen molar-refractivity contribution >= 4 is 5.91 Å². The molecule has 0 fully saturated rings. The van der Waals surface area contributed by atoms with Crippen LogP contribution < -0.4 is 5.32 Å². The lowest BCUT2D eigenvalue weighted by molar-refractivity contribution is -0.131. The second-order valence-corrected chi connectivity index (χ2v) is 4.04. The van der Waals surface area contributed by atoms with Gasteiger partial charge in [0.05, 0.1) is 6.04 Å². The molecule has 0 aromatic heterocycles. The van der Waals surface area contributed by atoms with Crippen molar-refractivity contribution in [2.75, 3.05) is 7.11 Å². The third-order valence-corrected chi connectivity index (χ3v) is 2.67. The summed E-state index contributed by atoms with van der Waals surface area (Å²) in [5.74, 6) is 2.38. The first-order chi connectivity index (χ1) is 8.72. The number of terminal acetylenes is 1. The van der Waals surface area contributed by atoms with Crippen molar-refractivity contribution in [1.82, 2.24) is 5.32 Å². The maximum absolute atomic E-state index is 12.1. The van der Waals surface area contributed by atoms with E-state index in [-0.39, 0.29) is 11.9 Å². The summed E-state index contributed by atoms with van der Waals surface area (Å²) >= 11 is 0. The fourth-order valence-corrected chi connectivity index (χ4v) is 1.76. The molecule has 96 valence electrons. The van der Waals surface area contributed by atoms with Gasteiger partial charge in [-0.25, -0.2) is 0 Å². The number of rotatable bonds is 6. The summed E-state index contributed by atoms with van der Waals surface area (Å²) in [6, 6.07) is 9.13. The number of ether oxygens (including phenoxy) is 1. The van der Waals surface area contributed by atoms with Crippen molar-refractivity contribution in [3.8, 4) is 12.3 Å². The van der Waals surface area contributed by atoms with Crippen LogP contribution in [0.1, 0.15) is 31.4 Å². The highest BCUT2D eigenvalue weighted by Gasteiger charge is 2.21. The zero-order chi connectivity index (χ0) is 13.4. The van der Waals surface area contributed by atoms with E-state index in [1.165, 1.54) is 7.11 Å². The number of nitrogens with one attached hydrogen (secondary N) is 1. The van der Waals surface area contributed by atoms with Gasteiger partial charge in [-0.1, -0.05) is 49.6 Å². The molecule has 0 aliphatic carbocycles. The highest BCUT2D eigenvalue weighted by molar-refractivity contribution is 5.82. The van der Waals surface area contributed by atoms with Crippen molar-refractivity contribution in [3.05, 3.63) is 35.9 Å². The first-order valence-electron chi connectivity index (χ1n) is 6.07. The zero-order valence-electron chi connectivity index (χ0n) is 10.8. The molecule has 0 saturated carbocycles. The summed E-state index contributed by atoms with van der Waals surface area (Å²) in [4.78, 5) is 12.1. The molecule has 1 aromatic rings. The lowest BCUT2D eigenvalue weighted by Crippen LogP contribution is -2.37. The first-order valence-corrected chi connectivity index (χ1v) is 6.07. The Balaban J connectivity index is 2.72. The van der Waals surface area contributed by atoms with E-state index in [1.807, 2.05) is 37.3 Å². The number of benzene rings is 1. The minimum atomic E-state index is -0.612. The van der Waals surface area contributed by atoms with E-state index in [1.54, 1.807) is 0 Å². The summed E-state index contributed by atoms with van der Waals surface area (Å²) in [6.07, 6.45) is 6.47. The summed E-state index contributed by atoms with van der Waals surface area (Å²) < 4.78 is 5.24. The molecule has 0 heterocycles. The Kier molecular flexibility index (Phi) is 5.96. The molecule has 18 heavy (non-hydrogen) atoms. The van der Waals surface area contributed by atoms with Gasteiger partial charge in [0.2, 0.25) is 0 Å². The maximum atomic E-state index is 12.1. The first kappa shape index (κ1) is 14.3. The van der Waals surface area contributed by atoms with Gasteiger partial charge in [-0.2, -0.15) is 0 Å². The molecule has 0 saturated heterocycles. The third kappa shape index (κ3) is 3.90. The quantitative estimate of drug-likeness (QED) is 0.781.